The van der Waals surface area contributed by atoms with Gasteiger partial charge in [0.15, 0.2) is 0 Å². The number of anilines is 5. The van der Waals surface area contributed by atoms with Crippen molar-refractivity contribution in [2.45, 2.75) is 73.3 Å². The minimum absolute atomic E-state index is 0.0561. The van der Waals surface area contributed by atoms with Crippen LogP contribution in [0.4, 0.5) is 28.4 Å². The summed E-state index contributed by atoms with van der Waals surface area (Å²) in [6, 6.07) is 42.2. The summed E-state index contributed by atoms with van der Waals surface area (Å²) in [6.07, 6.45) is 5.89. The lowest BCUT2D eigenvalue weighted by Gasteiger charge is -2.42. The number of benzene rings is 6. The zero-order valence-corrected chi connectivity index (χ0v) is 34.6. The van der Waals surface area contributed by atoms with Gasteiger partial charge in [0.1, 0.15) is 11.5 Å². The van der Waals surface area contributed by atoms with Gasteiger partial charge >= 0.3 is 0 Å². The van der Waals surface area contributed by atoms with Gasteiger partial charge < -0.3 is 19.3 Å². The maximum absolute atomic E-state index is 5.62. The maximum Gasteiger partial charge on any atom is 0.119 e. The van der Waals surface area contributed by atoms with E-state index in [9.17, 15) is 0 Å². The van der Waals surface area contributed by atoms with Gasteiger partial charge in [0, 0.05) is 22.7 Å². The Bertz CT molecular complexity index is 2480. The normalized spacial score (nSPS) is 14.9. The Morgan fingerprint density at radius 3 is 1.59 bits per heavy atom. The second-order valence-electron chi connectivity index (χ2n) is 17.5. The van der Waals surface area contributed by atoms with Gasteiger partial charge in [-0.15, -0.1) is 0 Å². The molecular formula is C52H54N2O2. The van der Waals surface area contributed by atoms with Crippen molar-refractivity contribution in [1.82, 2.24) is 0 Å². The van der Waals surface area contributed by atoms with Crippen molar-refractivity contribution in [2.24, 2.45) is 5.41 Å². The lowest BCUT2D eigenvalue weighted by Crippen LogP contribution is -2.29. The van der Waals surface area contributed by atoms with Crippen LogP contribution in [-0.4, -0.2) is 14.2 Å². The van der Waals surface area contributed by atoms with E-state index < -0.39 is 0 Å². The summed E-state index contributed by atoms with van der Waals surface area (Å²) in [5, 5.41) is 2.70. The van der Waals surface area contributed by atoms with Crippen molar-refractivity contribution in [3.8, 4) is 11.5 Å². The Morgan fingerprint density at radius 2 is 1.09 bits per heavy atom. The number of allylic oxidation sites excluding steroid dienone is 3. The minimum atomic E-state index is -0.116. The predicted octanol–water partition coefficient (Wildman–Crippen LogP) is 14.0. The van der Waals surface area contributed by atoms with Crippen molar-refractivity contribution in [2.75, 3.05) is 24.0 Å². The first kappa shape index (κ1) is 37.2. The third-order valence-corrected chi connectivity index (χ3v) is 11.6. The van der Waals surface area contributed by atoms with E-state index in [0.29, 0.717) is 0 Å². The molecule has 56 heavy (non-hydrogen) atoms. The fourth-order valence-corrected chi connectivity index (χ4v) is 8.68. The highest BCUT2D eigenvalue weighted by molar-refractivity contribution is 6.09. The third kappa shape index (κ3) is 6.55. The Labute approximate surface area is 333 Å². The summed E-state index contributed by atoms with van der Waals surface area (Å²) in [4.78, 5) is 4.97. The molecule has 0 aliphatic heterocycles. The predicted molar refractivity (Wildman–Crippen MR) is 237 cm³/mol. The van der Waals surface area contributed by atoms with Crippen LogP contribution >= 0.6 is 0 Å². The quantitative estimate of drug-likeness (QED) is 0.155. The van der Waals surface area contributed by atoms with Gasteiger partial charge in [0.2, 0.25) is 0 Å². The highest BCUT2D eigenvalue weighted by Crippen LogP contribution is 2.55. The molecule has 4 heteroatoms. The number of hydrogen-bond acceptors (Lipinski definition) is 4. The fourth-order valence-electron chi connectivity index (χ4n) is 8.68. The molecule has 6 aromatic carbocycles. The molecule has 0 bridgehead atoms. The molecule has 6 aromatic rings. The first-order chi connectivity index (χ1) is 26.8. The number of nitrogens with zero attached hydrogens (tertiary/aromatic N) is 2. The molecule has 0 saturated heterocycles. The first-order valence-corrected chi connectivity index (χ1v) is 19.8. The van der Waals surface area contributed by atoms with Gasteiger partial charge in [-0.1, -0.05) is 101 Å². The van der Waals surface area contributed by atoms with E-state index in [-0.39, 0.29) is 16.9 Å². The van der Waals surface area contributed by atoms with Crippen LogP contribution in [0.2, 0.25) is 0 Å². The molecule has 0 amide bonds. The molecule has 4 nitrogen and oxygen atoms in total. The lowest BCUT2D eigenvalue weighted by molar-refractivity contribution is 0.414. The first-order valence-electron chi connectivity index (χ1n) is 19.8. The number of methoxy groups -OCH3 is 2. The third-order valence-electron chi connectivity index (χ3n) is 11.6. The van der Waals surface area contributed by atoms with Crippen molar-refractivity contribution in [3.63, 3.8) is 0 Å². The SMILES string of the molecule is COc1ccc(N(c2ccc(C)cc2)c2cc(C(C)(C)C)c3ccc4c5c3c2CC=C5C(C(C)(C)C)=CC4N(c2ccc(C)cc2)c2ccc(OC)cc2)cc1. The van der Waals surface area contributed by atoms with E-state index in [2.05, 4.69) is 193 Å². The Morgan fingerprint density at radius 1 is 0.589 bits per heavy atom. The standard InChI is InChI=1S/C52H54N2O2/c1-33-11-15-35(16-12-33)53(37-19-23-39(55-9)24-20-37)47-31-45(51(3,4)5)41-28-30-44-48(32-46(52(6,7)8)42-27-29-43(47)49(41)50(42)44)54(36-17-13-34(2)14-18-36)38-21-25-40(56-10)26-22-38/h11-29,31-32,47H,30H2,1-10H3. The van der Waals surface area contributed by atoms with Crippen LogP contribution in [-0.2, 0) is 11.8 Å². The lowest BCUT2D eigenvalue weighted by atomic mass is 9.68. The molecule has 284 valence electrons. The molecular weight excluding hydrogens is 685 g/mol. The summed E-state index contributed by atoms with van der Waals surface area (Å²) in [6.45, 7) is 18.4. The highest BCUT2D eigenvalue weighted by atomic mass is 16.5. The van der Waals surface area contributed by atoms with Crippen molar-refractivity contribution < 1.29 is 9.47 Å². The van der Waals surface area contributed by atoms with Crippen LogP contribution in [0, 0.1) is 19.3 Å². The van der Waals surface area contributed by atoms with E-state index in [1.807, 2.05) is 0 Å². The molecule has 1 unspecified atom stereocenters. The zero-order chi connectivity index (χ0) is 39.5. The largest absolute Gasteiger partial charge is 0.497 e. The summed E-state index contributed by atoms with van der Waals surface area (Å²) in [5.74, 6) is 1.69. The molecule has 0 radical (unpaired) electrons. The molecule has 2 aliphatic carbocycles. The molecule has 0 N–H and O–H groups in total. The van der Waals surface area contributed by atoms with Gasteiger partial charge in [-0.3, -0.25) is 0 Å². The fraction of sp³-hybridized carbons (Fsp3) is 0.269. The summed E-state index contributed by atoms with van der Waals surface area (Å²) < 4.78 is 11.2. The van der Waals surface area contributed by atoms with E-state index in [1.165, 1.54) is 61.0 Å². The smallest absolute Gasteiger partial charge is 0.119 e. The number of hydrogen-bond donors (Lipinski definition) is 0. The molecule has 0 saturated carbocycles. The summed E-state index contributed by atoms with van der Waals surface area (Å²) >= 11 is 0. The number of ether oxygens (including phenoxy) is 2. The summed E-state index contributed by atoms with van der Waals surface area (Å²) in [5.41, 5.74) is 16.1. The van der Waals surface area contributed by atoms with Crippen molar-refractivity contribution in [1.29, 1.82) is 0 Å². The van der Waals surface area contributed by atoms with Gasteiger partial charge in [0.05, 0.1) is 25.9 Å². The van der Waals surface area contributed by atoms with Gasteiger partial charge in [-0.25, -0.2) is 0 Å². The highest BCUT2D eigenvalue weighted by Gasteiger charge is 2.38. The van der Waals surface area contributed by atoms with Crippen LogP contribution < -0.4 is 19.3 Å². The Hall–Kier alpha value is -5.74. The van der Waals surface area contributed by atoms with E-state index in [4.69, 9.17) is 9.47 Å². The van der Waals surface area contributed by atoms with Gasteiger partial charge in [-0.05, 0) is 154 Å². The zero-order valence-electron chi connectivity index (χ0n) is 34.6. The molecule has 1 atom stereocenters. The van der Waals surface area contributed by atoms with Crippen molar-refractivity contribution in [3.05, 3.63) is 166 Å². The molecule has 2 aliphatic rings. The van der Waals surface area contributed by atoms with E-state index >= 15 is 0 Å². The average Bonchev–Trinajstić information content (AvgIpc) is 3.18. The second-order valence-corrected chi connectivity index (χ2v) is 17.5. The molecule has 0 spiro atoms. The minimum Gasteiger partial charge on any atom is -0.497 e. The topological polar surface area (TPSA) is 24.9 Å². The second kappa shape index (κ2) is 14.1. The van der Waals surface area contributed by atoms with Crippen LogP contribution in [0.1, 0.15) is 81.0 Å². The van der Waals surface area contributed by atoms with Crippen LogP contribution in [0.25, 0.3) is 16.3 Å². The molecule has 0 aromatic heterocycles. The molecule has 0 heterocycles. The Kier molecular flexibility index (Phi) is 9.35. The molecule has 0 fully saturated rings. The van der Waals surface area contributed by atoms with Crippen LogP contribution in [0.5, 0.6) is 11.5 Å². The van der Waals surface area contributed by atoms with Gasteiger partial charge in [-0.2, -0.15) is 0 Å². The van der Waals surface area contributed by atoms with E-state index in [1.54, 1.807) is 14.2 Å². The monoisotopic (exact) mass is 738 g/mol. The average molecular weight is 739 g/mol. The van der Waals surface area contributed by atoms with Crippen molar-refractivity contribution >= 4 is 44.8 Å². The number of aryl methyl sites for hydroxylation is 2. The Balaban J connectivity index is 1.46. The van der Waals surface area contributed by atoms with Crippen LogP contribution in [0.3, 0.4) is 0 Å². The van der Waals surface area contributed by atoms with Crippen LogP contribution in [0.15, 0.2) is 133 Å². The molecule has 8 rings (SSSR count). The van der Waals surface area contributed by atoms with Gasteiger partial charge in [0.25, 0.3) is 0 Å². The maximum atomic E-state index is 5.62. The number of rotatable bonds is 8. The summed E-state index contributed by atoms with van der Waals surface area (Å²) in [7, 11) is 3.46. The van der Waals surface area contributed by atoms with E-state index in [0.717, 1.165) is 40.7 Å².